The topological polar surface area (TPSA) is 29.5 Å². The van der Waals surface area contributed by atoms with Crippen LogP contribution in [-0.4, -0.2) is 13.0 Å². The number of hydrogen-bond donors (Lipinski definition) is 0. The fourth-order valence-corrected chi connectivity index (χ4v) is 4.01. The van der Waals surface area contributed by atoms with E-state index in [1.54, 1.807) is 36.3 Å². The maximum absolute atomic E-state index is 13.9. The minimum absolute atomic E-state index is 0.171. The number of methoxy groups -OCH3 is 1. The first-order valence-electron chi connectivity index (χ1n) is 8.57. The fraction of sp³-hybridized carbons (Fsp3) is 0.136. The number of fused-ring (bicyclic) bond motifs is 3. The van der Waals surface area contributed by atoms with Gasteiger partial charge in [0.1, 0.15) is 11.6 Å². The number of benzene rings is 3. The Morgan fingerprint density at radius 1 is 1.07 bits per heavy atom. The molecule has 0 radical (unpaired) electrons. The molecule has 1 atom stereocenters. The van der Waals surface area contributed by atoms with Crippen LogP contribution in [0.25, 0.3) is 11.1 Å². The maximum atomic E-state index is 13.9. The number of nitrogens with zero attached hydrogens (tertiary/aromatic N) is 1. The molecule has 3 aromatic carbocycles. The SMILES string of the molecule is COc1ccc(Br)c(C(=O)N2c3ccccc3-c3ccc(F)cc3C2C)c1. The van der Waals surface area contributed by atoms with E-state index >= 15 is 0 Å². The first kappa shape index (κ1) is 17.7. The summed E-state index contributed by atoms with van der Waals surface area (Å²) in [6.45, 7) is 1.92. The number of anilines is 1. The predicted molar refractivity (Wildman–Crippen MR) is 108 cm³/mol. The molecule has 0 aromatic heterocycles. The zero-order chi connectivity index (χ0) is 19.1. The summed E-state index contributed by atoms with van der Waals surface area (Å²) in [5.41, 5.74) is 3.96. The van der Waals surface area contributed by atoms with Gasteiger partial charge in [-0.15, -0.1) is 0 Å². The third-order valence-corrected chi connectivity index (χ3v) is 5.62. The Morgan fingerprint density at radius 2 is 1.85 bits per heavy atom. The van der Waals surface area contributed by atoms with E-state index in [1.807, 2.05) is 31.2 Å². The molecule has 0 saturated heterocycles. The lowest BCUT2D eigenvalue weighted by Gasteiger charge is -2.37. The number of hydrogen-bond acceptors (Lipinski definition) is 2. The number of ether oxygens (including phenoxy) is 1. The largest absolute Gasteiger partial charge is 0.497 e. The summed E-state index contributed by atoms with van der Waals surface area (Å²) < 4.78 is 19.9. The van der Waals surface area contributed by atoms with Gasteiger partial charge >= 0.3 is 0 Å². The van der Waals surface area contributed by atoms with E-state index in [0.29, 0.717) is 15.8 Å². The van der Waals surface area contributed by atoms with E-state index in [-0.39, 0.29) is 17.8 Å². The summed E-state index contributed by atoms with van der Waals surface area (Å²) in [6.07, 6.45) is 0. The molecule has 0 N–H and O–H groups in total. The van der Waals surface area contributed by atoms with E-state index in [9.17, 15) is 9.18 Å². The van der Waals surface area contributed by atoms with Gasteiger partial charge in [0.05, 0.1) is 24.4 Å². The highest BCUT2D eigenvalue weighted by Crippen LogP contribution is 2.45. The van der Waals surface area contributed by atoms with E-state index in [1.165, 1.54) is 12.1 Å². The van der Waals surface area contributed by atoms with Gasteiger partial charge in [-0.2, -0.15) is 0 Å². The van der Waals surface area contributed by atoms with Crippen molar-refractivity contribution in [2.75, 3.05) is 12.0 Å². The summed E-state index contributed by atoms with van der Waals surface area (Å²) in [6, 6.07) is 17.4. The zero-order valence-electron chi connectivity index (χ0n) is 14.9. The zero-order valence-corrected chi connectivity index (χ0v) is 16.5. The van der Waals surface area contributed by atoms with Crippen LogP contribution in [-0.2, 0) is 0 Å². The van der Waals surface area contributed by atoms with Gasteiger partial charge in [-0.1, -0.05) is 24.3 Å². The van der Waals surface area contributed by atoms with Crippen LogP contribution in [0.15, 0.2) is 65.1 Å². The molecule has 0 fully saturated rings. The Hall–Kier alpha value is -2.66. The van der Waals surface area contributed by atoms with Crippen LogP contribution >= 0.6 is 15.9 Å². The highest BCUT2D eigenvalue weighted by atomic mass is 79.9. The van der Waals surface area contributed by atoms with Crippen LogP contribution in [0, 0.1) is 5.82 Å². The van der Waals surface area contributed by atoms with Crippen molar-refractivity contribution in [1.29, 1.82) is 0 Å². The highest BCUT2D eigenvalue weighted by Gasteiger charge is 2.33. The monoisotopic (exact) mass is 425 g/mol. The highest BCUT2D eigenvalue weighted by molar-refractivity contribution is 9.10. The molecule has 0 aliphatic carbocycles. The van der Waals surface area contributed by atoms with Gasteiger partial charge in [-0.05, 0) is 70.4 Å². The Balaban J connectivity index is 1.90. The molecule has 1 unspecified atom stereocenters. The van der Waals surface area contributed by atoms with Crippen LogP contribution < -0.4 is 9.64 Å². The molecule has 0 bridgehead atoms. The lowest BCUT2D eigenvalue weighted by molar-refractivity contribution is 0.0976. The number of carbonyl (C=O) groups excluding carboxylic acids is 1. The molecule has 3 nitrogen and oxygen atoms in total. The molecule has 136 valence electrons. The number of rotatable bonds is 2. The quantitative estimate of drug-likeness (QED) is 0.504. The van der Waals surface area contributed by atoms with Gasteiger partial charge in [-0.3, -0.25) is 4.79 Å². The summed E-state index contributed by atoms with van der Waals surface area (Å²) in [4.78, 5) is 15.2. The lowest BCUT2D eigenvalue weighted by atomic mass is 9.88. The van der Waals surface area contributed by atoms with Crippen molar-refractivity contribution in [2.24, 2.45) is 0 Å². The molecular formula is C22H17BrFNO2. The van der Waals surface area contributed by atoms with E-state index in [2.05, 4.69) is 15.9 Å². The van der Waals surface area contributed by atoms with Crippen LogP contribution in [0.3, 0.4) is 0 Å². The van der Waals surface area contributed by atoms with Gasteiger partial charge < -0.3 is 9.64 Å². The van der Waals surface area contributed by atoms with E-state index < -0.39 is 0 Å². The van der Waals surface area contributed by atoms with Crippen molar-refractivity contribution in [2.45, 2.75) is 13.0 Å². The first-order valence-corrected chi connectivity index (χ1v) is 9.36. The third-order valence-electron chi connectivity index (χ3n) is 4.93. The summed E-state index contributed by atoms with van der Waals surface area (Å²) in [7, 11) is 1.56. The molecule has 3 aromatic rings. The number of carbonyl (C=O) groups is 1. The summed E-state index contributed by atoms with van der Waals surface area (Å²) in [5, 5.41) is 0. The molecule has 4 rings (SSSR count). The Labute approximate surface area is 165 Å². The molecule has 5 heteroatoms. The van der Waals surface area contributed by atoms with Crippen LogP contribution in [0.2, 0.25) is 0 Å². The van der Waals surface area contributed by atoms with Gasteiger partial charge in [0.2, 0.25) is 0 Å². The minimum Gasteiger partial charge on any atom is -0.497 e. The standard InChI is InChI=1S/C22H17BrFNO2/c1-13-18-11-14(24)7-9-16(18)17-5-3-4-6-21(17)25(13)22(26)19-12-15(27-2)8-10-20(19)23/h3-13H,1-2H3. The van der Waals surface area contributed by atoms with Crippen molar-refractivity contribution in [3.8, 4) is 16.9 Å². The smallest absolute Gasteiger partial charge is 0.260 e. The molecule has 27 heavy (non-hydrogen) atoms. The van der Waals surface area contributed by atoms with Crippen LogP contribution in [0.4, 0.5) is 10.1 Å². The molecule has 1 aliphatic rings. The average Bonchev–Trinajstić information content (AvgIpc) is 2.68. The van der Waals surface area contributed by atoms with Crippen molar-refractivity contribution < 1.29 is 13.9 Å². The first-order chi connectivity index (χ1) is 13.0. The summed E-state index contributed by atoms with van der Waals surface area (Å²) >= 11 is 3.47. The van der Waals surface area contributed by atoms with Crippen molar-refractivity contribution in [1.82, 2.24) is 0 Å². The number of halogens is 2. The normalized spacial score (nSPS) is 15.1. The molecule has 1 aliphatic heterocycles. The second-order valence-corrected chi connectivity index (χ2v) is 7.30. The Bertz CT molecular complexity index is 1050. The van der Waals surface area contributed by atoms with E-state index in [0.717, 1.165) is 22.4 Å². The molecule has 0 spiro atoms. The second kappa shape index (κ2) is 6.82. The Morgan fingerprint density at radius 3 is 2.63 bits per heavy atom. The summed E-state index contributed by atoms with van der Waals surface area (Å²) in [5.74, 6) is 0.122. The van der Waals surface area contributed by atoms with Crippen molar-refractivity contribution in [3.63, 3.8) is 0 Å². The lowest BCUT2D eigenvalue weighted by Crippen LogP contribution is -2.36. The van der Waals surface area contributed by atoms with Gasteiger partial charge in [0, 0.05) is 10.0 Å². The molecular weight excluding hydrogens is 409 g/mol. The average molecular weight is 426 g/mol. The van der Waals surface area contributed by atoms with Gasteiger partial charge in [0.25, 0.3) is 5.91 Å². The fourth-order valence-electron chi connectivity index (χ4n) is 3.59. The van der Waals surface area contributed by atoms with Crippen LogP contribution in [0.5, 0.6) is 5.75 Å². The molecule has 1 heterocycles. The second-order valence-electron chi connectivity index (χ2n) is 6.45. The maximum Gasteiger partial charge on any atom is 0.260 e. The molecule has 0 saturated carbocycles. The third kappa shape index (κ3) is 2.92. The number of para-hydroxylation sites is 1. The van der Waals surface area contributed by atoms with Gasteiger partial charge in [-0.25, -0.2) is 4.39 Å². The number of amides is 1. The Kier molecular flexibility index (Phi) is 4.48. The van der Waals surface area contributed by atoms with Gasteiger partial charge in [0.15, 0.2) is 0 Å². The molecule has 1 amide bonds. The van der Waals surface area contributed by atoms with E-state index in [4.69, 9.17) is 4.74 Å². The van der Waals surface area contributed by atoms with Crippen LogP contribution in [0.1, 0.15) is 28.9 Å². The minimum atomic E-state index is -0.310. The van der Waals surface area contributed by atoms with Crippen molar-refractivity contribution >= 4 is 27.5 Å². The predicted octanol–water partition coefficient (Wildman–Crippen LogP) is 5.99. The van der Waals surface area contributed by atoms with Crippen molar-refractivity contribution in [3.05, 3.63) is 82.1 Å².